The van der Waals surface area contributed by atoms with E-state index < -0.39 is 0 Å². The van der Waals surface area contributed by atoms with Gasteiger partial charge in [0.05, 0.1) is 25.6 Å². The molecule has 5 rings (SSSR count). The summed E-state index contributed by atoms with van der Waals surface area (Å²) in [6, 6.07) is 22.9. The summed E-state index contributed by atoms with van der Waals surface area (Å²) >= 11 is 1.47. The van der Waals surface area contributed by atoms with Gasteiger partial charge in [-0.05, 0) is 54.3 Å². The van der Waals surface area contributed by atoms with Crippen LogP contribution in [0.1, 0.15) is 47.5 Å². The monoisotopic (exact) mass is 553 g/mol. The van der Waals surface area contributed by atoms with Crippen LogP contribution >= 0.6 is 11.3 Å². The van der Waals surface area contributed by atoms with Gasteiger partial charge in [-0.15, -0.1) is 11.3 Å². The molecule has 2 heterocycles. The average molecular weight is 554 g/mol. The lowest BCUT2D eigenvalue weighted by atomic mass is 10.0. The lowest BCUT2D eigenvalue weighted by Gasteiger charge is -2.07. The van der Waals surface area contributed by atoms with Crippen LogP contribution in [0.5, 0.6) is 11.5 Å². The summed E-state index contributed by atoms with van der Waals surface area (Å²) in [7, 11) is 3.19. The maximum atomic E-state index is 13.7. The van der Waals surface area contributed by atoms with E-state index in [1.165, 1.54) is 16.9 Å². The highest BCUT2D eigenvalue weighted by atomic mass is 32.1. The molecule has 0 aliphatic heterocycles. The second-order valence-electron chi connectivity index (χ2n) is 9.56. The first-order valence-corrected chi connectivity index (χ1v) is 13.9. The van der Waals surface area contributed by atoms with E-state index in [1.54, 1.807) is 38.5 Å². The van der Waals surface area contributed by atoms with Gasteiger partial charge in [-0.2, -0.15) is 0 Å². The number of nitrogens with one attached hydrogen (secondary N) is 1. The van der Waals surface area contributed by atoms with Gasteiger partial charge in [-0.1, -0.05) is 51.1 Å². The number of amides is 1. The summed E-state index contributed by atoms with van der Waals surface area (Å²) in [4.78, 5) is 24.3. The average Bonchev–Trinajstić information content (AvgIpc) is 3.39. The fourth-order valence-electron chi connectivity index (χ4n) is 4.34. The number of methoxy groups -OCH3 is 2. The van der Waals surface area contributed by atoms with Crippen molar-refractivity contribution >= 4 is 39.0 Å². The summed E-state index contributed by atoms with van der Waals surface area (Å²) in [5.74, 6) is 1.40. The van der Waals surface area contributed by atoms with E-state index in [-0.39, 0.29) is 17.0 Å². The number of hydrogen-bond acceptors (Lipinski definition) is 7. The van der Waals surface area contributed by atoms with Crippen LogP contribution in [0.4, 0.5) is 10.8 Å². The van der Waals surface area contributed by atoms with Crippen LogP contribution < -0.4 is 20.3 Å². The predicted molar refractivity (Wildman–Crippen MR) is 160 cm³/mol. The van der Waals surface area contributed by atoms with Gasteiger partial charge in [0.15, 0.2) is 5.13 Å². The highest BCUT2D eigenvalue weighted by molar-refractivity contribution is 7.16. The number of anilines is 1. The fraction of sp³-hybridized carbons (Fsp3) is 0.219. The maximum absolute atomic E-state index is 13.7. The number of fused-ring (bicyclic) bond motifs is 1. The molecule has 2 aromatic heterocycles. The Morgan fingerprint density at radius 1 is 1.00 bits per heavy atom. The quantitative estimate of drug-likeness (QED) is 0.212. The molecule has 0 aliphatic rings. The van der Waals surface area contributed by atoms with E-state index in [0.717, 1.165) is 22.6 Å². The normalized spacial score (nSPS) is 11.7. The molecule has 0 bridgehead atoms. The van der Waals surface area contributed by atoms with E-state index in [4.69, 9.17) is 18.9 Å². The number of benzene rings is 3. The lowest BCUT2D eigenvalue weighted by molar-refractivity contribution is 0.102. The number of ether oxygens (including phenoxy) is 2. The van der Waals surface area contributed by atoms with E-state index in [2.05, 4.69) is 55.3 Å². The molecular formula is C32H31N3O4S. The molecule has 204 valence electrons. The smallest absolute Gasteiger partial charge is 0.262 e. The zero-order valence-electron chi connectivity index (χ0n) is 23.1. The number of aryl methyl sites for hydroxylation is 1. The third-order valence-corrected chi connectivity index (χ3v) is 7.69. The van der Waals surface area contributed by atoms with Gasteiger partial charge in [0, 0.05) is 21.9 Å². The number of carbonyl (C=O) groups excluding carboxylic acids is 1. The van der Waals surface area contributed by atoms with E-state index in [9.17, 15) is 4.79 Å². The van der Waals surface area contributed by atoms with Gasteiger partial charge < -0.3 is 13.9 Å². The molecule has 8 heteroatoms. The minimum absolute atomic E-state index is 0.181. The Labute approximate surface area is 237 Å². The zero-order valence-corrected chi connectivity index (χ0v) is 24.0. The molecule has 3 aromatic carbocycles. The molecule has 0 radical (unpaired) electrons. The van der Waals surface area contributed by atoms with Crippen molar-refractivity contribution in [2.45, 2.75) is 33.1 Å². The highest BCUT2D eigenvalue weighted by Gasteiger charge is 2.18. The molecule has 0 aliphatic carbocycles. The third kappa shape index (κ3) is 5.77. The van der Waals surface area contributed by atoms with Crippen LogP contribution in [-0.2, 0) is 6.42 Å². The molecule has 0 unspecified atom stereocenters. The van der Waals surface area contributed by atoms with Crippen molar-refractivity contribution in [1.82, 2.24) is 4.98 Å². The van der Waals surface area contributed by atoms with Crippen LogP contribution in [0, 0.1) is 0 Å². The number of hydrogen-bond donors (Lipinski definition) is 1. The standard InChI is InChI=1S/C32H31N3O4S/c1-6-28-29(21-12-10-20(11-13-21)19(2)3)34-32(40-28)35-30(36)26-17-22-16-25(38-5)14-15-27(22)39-31(26)33-23-8-7-9-24(18-23)37-4/h7-19H,6H2,1-5H3,(H,34,35,36). The van der Waals surface area contributed by atoms with Crippen molar-refractivity contribution in [1.29, 1.82) is 0 Å². The first-order valence-electron chi connectivity index (χ1n) is 13.1. The largest absolute Gasteiger partial charge is 0.497 e. The number of nitrogens with zero attached hydrogens (tertiary/aromatic N) is 2. The molecule has 0 spiro atoms. The molecule has 1 N–H and O–H groups in total. The summed E-state index contributed by atoms with van der Waals surface area (Å²) < 4.78 is 16.8. The summed E-state index contributed by atoms with van der Waals surface area (Å²) in [6.45, 7) is 6.44. The second-order valence-corrected chi connectivity index (χ2v) is 10.6. The molecule has 5 aromatic rings. The molecule has 1 amide bonds. The van der Waals surface area contributed by atoms with E-state index >= 15 is 0 Å². The van der Waals surface area contributed by atoms with Gasteiger partial charge in [0.1, 0.15) is 22.6 Å². The Morgan fingerprint density at radius 3 is 2.45 bits per heavy atom. The van der Waals surface area contributed by atoms with Crippen molar-refractivity contribution in [3.8, 4) is 22.8 Å². The zero-order chi connectivity index (χ0) is 28.2. The van der Waals surface area contributed by atoms with Crippen molar-refractivity contribution in [2.24, 2.45) is 4.99 Å². The Kier molecular flexibility index (Phi) is 7.98. The van der Waals surface area contributed by atoms with Crippen LogP contribution in [0.15, 0.2) is 82.2 Å². The van der Waals surface area contributed by atoms with Crippen molar-refractivity contribution < 1.29 is 18.7 Å². The number of carbonyl (C=O) groups is 1. The maximum Gasteiger partial charge on any atom is 0.262 e. The molecular weight excluding hydrogens is 522 g/mol. The summed E-state index contributed by atoms with van der Waals surface area (Å²) in [6.07, 6.45) is 0.802. The molecule has 0 saturated heterocycles. The SMILES string of the molecule is CCc1sc(NC(=O)c2cc3cc(OC)ccc3oc2=Nc2cccc(OC)c2)nc1-c1ccc(C(C)C)cc1. The highest BCUT2D eigenvalue weighted by Crippen LogP contribution is 2.33. The number of rotatable bonds is 8. The van der Waals surface area contributed by atoms with E-state index in [1.807, 2.05) is 24.3 Å². The minimum atomic E-state index is -0.367. The molecule has 7 nitrogen and oxygen atoms in total. The predicted octanol–water partition coefficient (Wildman–Crippen LogP) is 7.74. The van der Waals surface area contributed by atoms with Gasteiger partial charge in [0.2, 0.25) is 5.55 Å². The van der Waals surface area contributed by atoms with Gasteiger partial charge in [-0.3, -0.25) is 10.1 Å². The minimum Gasteiger partial charge on any atom is -0.497 e. The van der Waals surface area contributed by atoms with Gasteiger partial charge in [-0.25, -0.2) is 9.98 Å². The Morgan fingerprint density at radius 2 is 1.75 bits per heavy atom. The van der Waals surface area contributed by atoms with Gasteiger partial charge >= 0.3 is 0 Å². The first kappa shape index (κ1) is 27.1. The van der Waals surface area contributed by atoms with E-state index in [0.29, 0.717) is 39.2 Å². The lowest BCUT2D eigenvalue weighted by Crippen LogP contribution is -2.21. The van der Waals surface area contributed by atoms with Crippen LogP contribution in [0.25, 0.3) is 22.2 Å². The Bertz CT molecular complexity index is 1740. The van der Waals surface area contributed by atoms with Crippen molar-refractivity contribution in [3.05, 3.63) is 94.4 Å². The van der Waals surface area contributed by atoms with Crippen LogP contribution in [-0.4, -0.2) is 25.1 Å². The molecule has 0 saturated carbocycles. The van der Waals surface area contributed by atoms with Crippen LogP contribution in [0.2, 0.25) is 0 Å². The first-order chi connectivity index (χ1) is 19.4. The fourth-order valence-corrected chi connectivity index (χ4v) is 5.26. The van der Waals surface area contributed by atoms with Gasteiger partial charge in [0.25, 0.3) is 5.91 Å². The van der Waals surface area contributed by atoms with Crippen molar-refractivity contribution in [3.63, 3.8) is 0 Å². The molecule has 0 fully saturated rings. The second kappa shape index (κ2) is 11.8. The molecule has 0 atom stereocenters. The Balaban J connectivity index is 1.55. The number of aromatic nitrogens is 1. The summed E-state index contributed by atoms with van der Waals surface area (Å²) in [5, 5.41) is 4.22. The Hall–Kier alpha value is -4.43. The topological polar surface area (TPSA) is 86.0 Å². The third-order valence-electron chi connectivity index (χ3n) is 6.57. The number of thiazole rings is 1. The molecule has 40 heavy (non-hydrogen) atoms. The van der Waals surface area contributed by atoms with Crippen LogP contribution in [0.3, 0.4) is 0 Å². The van der Waals surface area contributed by atoms with Crippen molar-refractivity contribution in [2.75, 3.05) is 19.5 Å². The summed E-state index contributed by atoms with van der Waals surface area (Å²) in [5.41, 5.74) is 4.81.